The van der Waals surface area contributed by atoms with Crippen molar-refractivity contribution in [3.05, 3.63) is 33.0 Å². The minimum Gasteiger partial charge on any atom is -0.485 e. The number of aromatic nitrogens is 3. The molecule has 0 saturated carbocycles. The molecule has 8 heteroatoms. The van der Waals surface area contributed by atoms with Crippen LogP contribution in [0.25, 0.3) is 21.9 Å². The highest BCUT2D eigenvalue weighted by molar-refractivity contribution is 9.10. The monoisotopic (exact) mass is 394 g/mol. The molecule has 0 radical (unpaired) electrons. The zero-order chi connectivity index (χ0) is 17.2. The van der Waals surface area contributed by atoms with Crippen molar-refractivity contribution in [2.24, 2.45) is 7.05 Å². The summed E-state index contributed by atoms with van der Waals surface area (Å²) in [7, 11) is 5.58. The molecule has 1 aliphatic rings. The summed E-state index contributed by atoms with van der Waals surface area (Å²) in [6, 6.07) is 1.36. The van der Waals surface area contributed by atoms with Gasteiger partial charge in [0.2, 0.25) is 0 Å². The molecule has 0 bridgehead atoms. The minimum atomic E-state index is -0.431. The minimum absolute atomic E-state index is 0.125. The number of aryl methyl sites for hydroxylation is 1. The zero-order valence-corrected chi connectivity index (χ0v) is 15.1. The first-order valence-corrected chi connectivity index (χ1v) is 8.35. The summed E-state index contributed by atoms with van der Waals surface area (Å²) in [5, 5.41) is 0.666. The van der Waals surface area contributed by atoms with Crippen LogP contribution in [0.4, 0.5) is 4.39 Å². The molecule has 1 aromatic carbocycles. The molecule has 3 aromatic rings. The van der Waals surface area contributed by atoms with E-state index in [4.69, 9.17) is 4.74 Å². The van der Waals surface area contributed by atoms with Gasteiger partial charge in [0.25, 0.3) is 0 Å². The van der Waals surface area contributed by atoms with Crippen LogP contribution in [0.15, 0.2) is 21.5 Å². The fourth-order valence-corrected chi connectivity index (χ4v) is 3.74. The molecule has 1 atom stereocenters. The average Bonchev–Trinajstić information content (AvgIpc) is 2.68. The fraction of sp³-hybridized carbons (Fsp3) is 0.375. The Kier molecular flexibility index (Phi) is 3.43. The molecule has 0 amide bonds. The number of benzene rings is 1. The van der Waals surface area contributed by atoms with E-state index in [1.807, 2.05) is 19.0 Å². The Morgan fingerprint density at radius 2 is 2.25 bits per heavy atom. The molecule has 24 heavy (non-hydrogen) atoms. The largest absolute Gasteiger partial charge is 0.485 e. The van der Waals surface area contributed by atoms with Crippen molar-refractivity contribution in [3.8, 4) is 5.75 Å². The van der Waals surface area contributed by atoms with Gasteiger partial charge in [-0.15, -0.1) is 0 Å². The van der Waals surface area contributed by atoms with Crippen LogP contribution < -0.4 is 10.4 Å². The van der Waals surface area contributed by atoms with Crippen molar-refractivity contribution in [1.29, 1.82) is 0 Å². The molecule has 0 N–H and O–H groups in total. The van der Waals surface area contributed by atoms with Crippen molar-refractivity contribution in [1.82, 2.24) is 19.0 Å². The Morgan fingerprint density at radius 1 is 1.50 bits per heavy atom. The number of likely N-dealkylation sites (N-methyl/N-ethyl adjacent to an activating group) is 1. The lowest BCUT2D eigenvalue weighted by Crippen LogP contribution is -2.36. The molecular formula is C16H16BrFN4O2. The van der Waals surface area contributed by atoms with Gasteiger partial charge in [-0.1, -0.05) is 0 Å². The maximum Gasteiger partial charge on any atom is 0.329 e. The lowest BCUT2D eigenvalue weighted by molar-refractivity contribution is 0.145. The van der Waals surface area contributed by atoms with Gasteiger partial charge in [-0.05, 0) is 30.0 Å². The number of hydrogen-bond acceptors (Lipinski definition) is 4. The molecule has 1 unspecified atom stereocenters. The number of pyridine rings is 1. The molecule has 3 heterocycles. The molecule has 0 spiro atoms. The van der Waals surface area contributed by atoms with Gasteiger partial charge in [-0.3, -0.25) is 14.1 Å². The van der Waals surface area contributed by atoms with Crippen molar-refractivity contribution >= 4 is 37.9 Å². The maximum absolute atomic E-state index is 14.3. The summed E-state index contributed by atoms with van der Waals surface area (Å²) in [5.74, 6) is -0.0218. The number of rotatable bonds is 2. The molecule has 126 valence electrons. The second kappa shape index (κ2) is 5.29. The van der Waals surface area contributed by atoms with Crippen molar-refractivity contribution in [3.63, 3.8) is 0 Å². The second-order valence-electron chi connectivity index (χ2n) is 6.34. The van der Waals surface area contributed by atoms with Crippen LogP contribution in [0, 0.1) is 5.82 Å². The van der Waals surface area contributed by atoms with Crippen LogP contribution >= 0.6 is 15.9 Å². The predicted octanol–water partition coefficient (Wildman–Crippen LogP) is 2.11. The lowest BCUT2D eigenvalue weighted by Gasteiger charge is -2.22. The van der Waals surface area contributed by atoms with Crippen LogP contribution in [-0.2, 0) is 13.6 Å². The molecular weight excluding hydrogens is 379 g/mol. The number of ether oxygens (including phenoxy) is 1. The number of hydrogen-bond donors (Lipinski definition) is 0. The highest BCUT2D eigenvalue weighted by Gasteiger charge is 2.28. The quantitative estimate of drug-likeness (QED) is 0.667. The standard InChI is InChI=1S/C16H16BrFN4O2/c1-20(2)6-8-7-22-14-11(21(3)16(22)23)5-19-10-4-9(18)13(17)15(24-8)12(10)14/h4-5,8H,6-7H2,1-3H3. The maximum atomic E-state index is 14.3. The third-order valence-corrected chi connectivity index (χ3v) is 5.09. The summed E-state index contributed by atoms with van der Waals surface area (Å²) in [6.45, 7) is 1.00. The summed E-state index contributed by atoms with van der Waals surface area (Å²) in [6.07, 6.45) is 1.33. The molecule has 2 aromatic heterocycles. The Bertz CT molecular complexity index is 1040. The first-order valence-electron chi connectivity index (χ1n) is 7.55. The van der Waals surface area contributed by atoms with Gasteiger partial charge in [0.05, 0.1) is 39.2 Å². The molecule has 6 nitrogen and oxygen atoms in total. The topological polar surface area (TPSA) is 52.3 Å². The van der Waals surface area contributed by atoms with Crippen molar-refractivity contribution < 1.29 is 9.13 Å². The molecule has 0 saturated heterocycles. The van der Waals surface area contributed by atoms with E-state index in [9.17, 15) is 9.18 Å². The van der Waals surface area contributed by atoms with E-state index in [0.29, 0.717) is 35.3 Å². The normalized spacial score (nSPS) is 17.0. The van der Waals surface area contributed by atoms with Gasteiger partial charge in [0.15, 0.2) is 0 Å². The molecule has 0 fully saturated rings. The summed E-state index contributed by atoms with van der Waals surface area (Å²) >= 11 is 3.29. The van der Waals surface area contributed by atoms with Gasteiger partial charge in [-0.2, -0.15) is 0 Å². The second-order valence-corrected chi connectivity index (χ2v) is 7.13. The van der Waals surface area contributed by atoms with E-state index >= 15 is 0 Å². The molecule has 1 aliphatic heterocycles. The molecule has 0 aliphatic carbocycles. The van der Waals surface area contributed by atoms with Gasteiger partial charge in [0, 0.05) is 19.7 Å². The van der Waals surface area contributed by atoms with Crippen LogP contribution in [0.5, 0.6) is 5.75 Å². The first kappa shape index (κ1) is 15.6. The average molecular weight is 395 g/mol. The highest BCUT2D eigenvalue weighted by Crippen LogP contribution is 2.41. The number of imidazole rings is 1. The Labute approximate surface area is 145 Å². The third-order valence-electron chi connectivity index (χ3n) is 4.35. The first-order chi connectivity index (χ1) is 11.4. The SMILES string of the molecule is CN(C)CC1Cn2c(=O)n(C)c3cnc4cc(F)c(Br)c(c4c32)O1. The van der Waals surface area contributed by atoms with Crippen LogP contribution in [-0.4, -0.2) is 45.8 Å². The van der Waals surface area contributed by atoms with E-state index in [1.54, 1.807) is 22.4 Å². The lowest BCUT2D eigenvalue weighted by atomic mass is 10.1. The summed E-state index contributed by atoms with van der Waals surface area (Å²) in [4.78, 5) is 19.0. The highest BCUT2D eigenvalue weighted by atomic mass is 79.9. The van der Waals surface area contributed by atoms with Crippen LogP contribution in [0.1, 0.15) is 0 Å². The third kappa shape index (κ3) is 2.09. The molecule has 4 rings (SSSR count). The van der Waals surface area contributed by atoms with E-state index in [2.05, 4.69) is 20.9 Å². The predicted molar refractivity (Wildman–Crippen MR) is 93.1 cm³/mol. The van der Waals surface area contributed by atoms with Crippen LogP contribution in [0.2, 0.25) is 0 Å². The van der Waals surface area contributed by atoms with Gasteiger partial charge < -0.3 is 9.64 Å². The summed E-state index contributed by atoms with van der Waals surface area (Å²) < 4.78 is 23.9. The van der Waals surface area contributed by atoms with Crippen molar-refractivity contribution in [2.75, 3.05) is 20.6 Å². The summed E-state index contributed by atoms with van der Waals surface area (Å²) in [5.41, 5.74) is 1.80. The van der Waals surface area contributed by atoms with E-state index in [0.717, 1.165) is 5.52 Å². The van der Waals surface area contributed by atoms with Gasteiger partial charge in [0.1, 0.15) is 17.7 Å². The Balaban J connectivity index is 2.15. The van der Waals surface area contributed by atoms with Gasteiger partial charge >= 0.3 is 5.69 Å². The van der Waals surface area contributed by atoms with E-state index < -0.39 is 5.82 Å². The van der Waals surface area contributed by atoms with Gasteiger partial charge in [-0.25, -0.2) is 9.18 Å². The van der Waals surface area contributed by atoms with Crippen LogP contribution in [0.3, 0.4) is 0 Å². The van der Waals surface area contributed by atoms with E-state index in [1.165, 1.54) is 6.07 Å². The number of nitrogens with zero attached hydrogens (tertiary/aromatic N) is 4. The number of halogens is 2. The Hall–Kier alpha value is -1.93. The Morgan fingerprint density at radius 3 is 2.96 bits per heavy atom. The fourth-order valence-electron chi connectivity index (χ4n) is 3.33. The van der Waals surface area contributed by atoms with Crippen molar-refractivity contribution in [2.45, 2.75) is 12.6 Å². The smallest absolute Gasteiger partial charge is 0.329 e. The zero-order valence-electron chi connectivity index (χ0n) is 13.5. The van der Waals surface area contributed by atoms with E-state index in [-0.39, 0.29) is 16.3 Å².